The number of pyridine rings is 1. The molecular formula is C20H25N3O3. The monoisotopic (exact) mass is 355 g/mol. The second-order valence-electron chi connectivity index (χ2n) is 6.64. The Morgan fingerprint density at radius 3 is 2.58 bits per heavy atom. The maximum absolute atomic E-state index is 12.6. The Kier molecular flexibility index (Phi) is 5.94. The molecule has 2 aromatic rings. The number of hydrogen-bond donors (Lipinski definition) is 2. The molecule has 26 heavy (non-hydrogen) atoms. The van der Waals surface area contributed by atoms with E-state index in [4.69, 9.17) is 4.74 Å². The summed E-state index contributed by atoms with van der Waals surface area (Å²) in [5.41, 5.74) is 1.05. The van der Waals surface area contributed by atoms with Crippen molar-refractivity contribution in [3.8, 4) is 5.75 Å². The van der Waals surface area contributed by atoms with Crippen molar-refractivity contribution in [2.24, 2.45) is 0 Å². The third-order valence-electron chi connectivity index (χ3n) is 4.72. The van der Waals surface area contributed by atoms with Crippen LogP contribution < -0.4 is 20.9 Å². The van der Waals surface area contributed by atoms with Gasteiger partial charge in [-0.1, -0.05) is 31.4 Å². The molecule has 1 aliphatic carbocycles. The number of ether oxygens (including phenoxy) is 1. The van der Waals surface area contributed by atoms with Crippen LogP contribution in [0.1, 0.15) is 37.7 Å². The van der Waals surface area contributed by atoms with Gasteiger partial charge in [0.05, 0.1) is 13.7 Å². The molecule has 1 aliphatic rings. The molecule has 2 amide bonds. The Labute approximate surface area is 153 Å². The number of amides is 2. The first-order chi connectivity index (χ1) is 12.7. The highest BCUT2D eigenvalue weighted by Crippen LogP contribution is 2.17. The summed E-state index contributed by atoms with van der Waals surface area (Å²) in [6.45, 7) is 0.433. The molecule has 6 nitrogen and oxygen atoms in total. The normalized spacial score (nSPS) is 14.7. The molecular weight excluding hydrogens is 330 g/mol. The SMILES string of the molecule is COc1ccc(Cn2cccc(NC(=O)NC3CCCCC3)c2=O)cc1. The molecule has 1 aromatic carbocycles. The third-order valence-corrected chi connectivity index (χ3v) is 4.72. The molecule has 138 valence electrons. The van der Waals surface area contributed by atoms with Gasteiger partial charge >= 0.3 is 6.03 Å². The summed E-state index contributed by atoms with van der Waals surface area (Å²) in [6, 6.07) is 10.8. The van der Waals surface area contributed by atoms with E-state index in [1.165, 1.54) is 6.42 Å². The number of nitrogens with one attached hydrogen (secondary N) is 2. The van der Waals surface area contributed by atoms with Crippen molar-refractivity contribution < 1.29 is 9.53 Å². The highest BCUT2D eigenvalue weighted by atomic mass is 16.5. The van der Waals surface area contributed by atoms with Crippen molar-refractivity contribution in [3.05, 3.63) is 58.5 Å². The molecule has 6 heteroatoms. The molecule has 1 aromatic heterocycles. The van der Waals surface area contributed by atoms with Crippen molar-refractivity contribution in [1.82, 2.24) is 9.88 Å². The topological polar surface area (TPSA) is 72.4 Å². The molecule has 0 saturated heterocycles. The Morgan fingerprint density at radius 1 is 1.15 bits per heavy atom. The van der Waals surface area contributed by atoms with Crippen LogP contribution in [0.3, 0.4) is 0 Å². The van der Waals surface area contributed by atoms with Crippen molar-refractivity contribution in [2.45, 2.75) is 44.7 Å². The predicted molar refractivity (Wildman–Crippen MR) is 102 cm³/mol. The van der Waals surface area contributed by atoms with Gasteiger partial charge in [0.1, 0.15) is 11.4 Å². The zero-order valence-electron chi connectivity index (χ0n) is 15.0. The lowest BCUT2D eigenvalue weighted by Gasteiger charge is -2.22. The van der Waals surface area contributed by atoms with Gasteiger partial charge in [-0.15, -0.1) is 0 Å². The maximum atomic E-state index is 12.6. The minimum absolute atomic E-state index is 0.203. The Balaban J connectivity index is 1.66. The van der Waals surface area contributed by atoms with E-state index in [0.29, 0.717) is 6.54 Å². The first-order valence-corrected chi connectivity index (χ1v) is 9.05. The summed E-state index contributed by atoms with van der Waals surface area (Å²) in [6.07, 6.45) is 7.25. The third kappa shape index (κ3) is 4.65. The van der Waals surface area contributed by atoms with Gasteiger partial charge in [0.2, 0.25) is 0 Å². The van der Waals surface area contributed by atoms with E-state index in [9.17, 15) is 9.59 Å². The van der Waals surface area contributed by atoms with E-state index in [-0.39, 0.29) is 23.3 Å². The fourth-order valence-corrected chi connectivity index (χ4v) is 3.27. The number of rotatable bonds is 5. The first-order valence-electron chi connectivity index (χ1n) is 9.05. The summed E-state index contributed by atoms with van der Waals surface area (Å²) >= 11 is 0. The highest BCUT2D eigenvalue weighted by molar-refractivity contribution is 5.89. The van der Waals surface area contributed by atoms with E-state index < -0.39 is 0 Å². The van der Waals surface area contributed by atoms with Gasteiger partial charge in [-0.3, -0.25) is 4.79 Å². The van der Waals surface area contributed by atoms with Crippen LogP contribution in [-0.4, -0.2) is 23.7 Å². The minimum atomic E-state index is -0.309. The Hall–Kier alpha value is -2.76. The van der Waals surface area contributed by atoms with E-state index >= 15 is 0 Å². The fourth-order valence-electron chi connectivity index (χ4n) is 3.27. The zero-order valence-corrected chi connectivity index (χ0v) is 15.0. The van der Waals surface area contributed by atoms with Crippen molar-refractivity contribution >= 4 is 11.7 Å². The van der Waals surface area contributed by atoms with Crippen LogP contribution in [0.25, 0.3) is 0 Å². The standard InChI is InChI=1S/C20H25N3O3/c1-26-17-11-9-15(10-12-17)14-23-13-5-8-18(19(23)24)22-20(25)21-16-6-3-2-4-7-16/h5,8-13,16H,2-4,6-7,14H2,1H3,(H2,21,22,25). The van der Waals surface area contributed by atoms with Crippen molar-refractivity contribution in [3.63, 3.8) is 0 Å². The lowest BCUT2D eigenvalue weighted by atomic mass is 9.96. The van der Waals surface area contributed by atoms with Crippen molar-refractivity contribution in [1.29, 1.82) is 0 Å². The van der Waals surface area contributed by atoms with E-state index in [0.717, 1.165) is 37.0 Å². The number of carbonyl (C=O) groups is 1. The largest absolute Gasteiger partial charge is 0.497 e. The number of hydrogen-bond acceptors (Lipinski definition) is 3. The van der Waals surface area contributed by atoms with Crippen LogP contribution in [0.15, 0.2) is 47.4 Å². The number of anilines is 1. The molecule has 1 fully saturated rings. The molecule has 0 unspecified atom stereocenters. The number of methoxy groups -OCH3 is 1. The molecule has 0 radical (unpaired) electrons. The zero-order chi connectivity index (χ0) is 18.4. The highest BCUT2D eigenvalue weighted by Gasteiger charge is 2.16. The number of nitrogens with zero attached hydrogens (tertiary/aromatic N) is 1. The average molecular weight is 355 g/mol. The van der Waals surface area contributed by atoms with Gasteiger partial charge in [0, 0.05) is 12.2 Å². The lowest BCUT2D eigenvalue weighted by Crippen LogP contribution is -2.40. The van der Waals surface area contributed by atoms with Gasteiger partial charge in [0.25, 0.3) is 5.56 Å². The summed E-state index contributed by atoms with van der Waals surface area (Å²) in [7, 11) is 1.62. The molecule has 1 saturated carbocycles. The van der Waals surface area contributed by atoms with Crippen LogP contribution in [0.4, 0.5) is 10.5 Å². The molecule has 2 N–H and O–H groups in total. The number of carbonyl (C=O) groups excluding carboxylic acids is 1. The summed E-state index contributed by atoms with van der Waals surface area (Å²) < 4.78 is 6.73. The summed E-state index contributed by atoms with van der Waals surface area (Å²) in [5.74, 6) is 0.774. The second kappa shape index (κ2) is 8.56. The quantitative estimate of drug-likeness (QED) is 0.864. The minimum Gasteiger partial charge on any atom is -0.497 e. The average Bonchev–Trinajstić information content (AvgIpc) is 2.66. The molecule has 1 heterocycles. The summed E-state index contributed by atoms with van der Waals surface area (Å²) in [5, 5.41) is 5.66. The predicted octanol–water partition coefficient (Wildman–Crippen LogP) is 3.36. The maximum Gasteiger partial charge on any atom is 0.319 e. The smallest absolute Gasteiger partial charge is 0.319 e. The number of benzene rings is 1. The fraction of sp³-hybridized carbons (Fsp3) is 0.400. The Morgan fingerprint density at radius 2 is 1.88 bits per heavy atom. The van der Waals surface area contributed by atoms with Crippen molar-refractivity contribution in [2.75, 3.05) is 12.4 Å². The molecule has 3 rings (SSSR count). The molecule has 0 bridgehead atoms. The van der Waals surface area contributed by atoms with Gasteiger partial charge in [-0.25, -0.2) is 4.79 Å². The van der Waals surface area contributed by atoms with Crippen LogP contribution in [0.2, 0.25) is 0 Å². The van der Waals surface area contributed by atoms with Gasteiger partial charge in [-0.05, 0) is 42.7 Å². The molecule has 0 spiro atoms. The van der Waals surface area contributed by atoms with Crippen LogP contribution >= 0.6 is 0 Å². The van der Waals surface area contributed by atoms with E-state index in [1.807, 2.05) is 24.3 Å². The Bertz CT molecular complexity index is 793. The number of urea groups is 1. The van der Waals surface area contributed by atoms with Gasteiger partial charge in [-0.2, -0.15) is 0 Å². The van der Waals surface area contributed by atoms with Crippen LogP contribution in [0.5, 0.6) is 5.75 Å². The molecule has 0 aliphatic heterocycles. The lowest BCUT2D eigenvalue weighted by molar-refractivity contribution is 0.244. The van der Waals surface area contributed by atoms with E-state index in [2.05, 4.69) is 10.6 Å². The van der Waals surface area contributed by atoms with Gasteiger partial charge < -0.3 is 19.9 Å². The van der Waals surface area contributed by atoms with Crippen LogP contribution in [-0.2, 0) is 6.54 Å². The van der Waals surface area contributed by atoms with Crippen LogP contribution in [0, 0.1) is 0 Å². The summed E-state index contributed by atoms with van der Waals surface area (Å²) in [4.78, 5) is 24.8. The molecule has 0 atom stereocenters. The van der Waals surface area contributed by atoms with E-state index in [1.54, 1.807) is 30.0 Å². The van der Waals surface area contributed by atoms with Gasteiger partial charge in [0.15, 0.2) is 0 Å². The second-order valence-corrected chi connectivity index (χ2v) is 6.64. The number of aromatic nitrogens is 1. The first kappa shape index (κ1) is 18.0.